The Kier molecular flexibility index (Phi) is 8.09. The SMILES string of the molecule is CCCN1CC(Oc2ccc(C(=O)c3c(-c4ccccc4C)nsc3-c3ccc(O)cc3)cc2)C1.Cl. The molecule has 186 valence electrons. The number of ketones is 1. The van der Waals surface area contributed by atoms with Gasteiger partial charge in [-0.25, -0.2) is 0 Å². The molecule has 1 aromatic heterocycles. The van der Waals surface area contributed by atoms with Crippen LogP contribution in [0.3, 0.4) is 0 Å². The van der Waals surface area contributed by atoms with Crippen LogP contribution in [-0.4, -0.2) is 45.9 Å². The number of hydrogen-bond donors (Lipinski definition) is 1. The van der Waals surface area contributed by atoms with Gasteiger partial charge in [0.05, 0.1) is 16.1 Å². The lowest BCUT2D eigenvalue weighted by molar-refractivity contribution is 0.0202. The van der Waals surface area contributed by atoms with Gasteiger partial charge in [-0.3, -0.25) is 9.69 Å². The molecule has 1 aliphatic heterocycles. The highest BCUT2D eigenvalue weighted by Gasteiger charge is 2.28. The number of phenolic OH excluding ortho intramolecular Hbond substituents is 1. The topological polar surface area (TPSA) is 62.7 Å². The minimum absolute atomic E-state index is 0. The molecule has 2 heterocycles. The number of halogens is 1. The van der Waals surface area contributed by atoms with E-state index >= 15 is 0 Å². The van der Waals surface area contributed by atoms with Gasteiger partial charge in [-0.15, -0.1) is 12.4 Å². The number of rotatable bonds is 8. The summed E-state index contributed by atoms with van der Waals surface area (Å²) in [6, 6.07) is 22.3. The Morgan fingerprint density at radius 2 is 1.75 bits per heavy atom. The van der Waals surface area contributed by atoms with Crippen LogP contribution in [0.1, 0.15) is 34.8 Å². The Morgan fingerprint density at radius 3 is 2.42 bits per heavy atom. The summed E-state index contributed by atoms with van der Waals surface area (Å²) in [5.74, 6) is 0.888. The van der Waals surface area contributed by atoms with Crippen molar-refractivity contribution in [1.29, 1.82) is 0 Å². The average Bonchev–Trinajstić information content (AvgIpc) is 3.28. The summed E-state index contributed by atoms with van der Waals surface area (Å²) < 4.78 is 10.8. The molecule has 1 N–H and O–H groups in total. The van der Waals surface area contributed by atoms with Gasteiger partial charge in [0.25, 0.3) is 0 Å². The molecule has 0 amide bonds. The number of likely N-dealkylation sites (tertiary alicyclic amines) is 1. The number of benzene rings is 3. The number of nitrogens with zero attached hydrogens (tertiary/aromatic N) is 2. The summed E-state index contributed by atoms with van der Waals surface area (Å²) in [4.78, 5) is 17.0. The number of carbonyl (C=O) groups excluding carboxylic acids is 1. The van der Waals surface area contributed by atoms with Crippen molar-refractivity contribution in [2.75, 3.05) is 19.6 Å². The van der Waals surface area contributed by atoms with E-state index in [0.717, 1.165) is 53.4 Å². The second kappa shape index (κ2) is 11.2. The largest absolute Gasteiger partial charge is 0.508 e. The van der Waals surface area contributed by atoms with Crippen LogP contribution in [0.25, 0.3) is 21.7 Å². The molecule has 1 saturated heterocycles. The maximum Gasteiger partial charge on any atom is 0.196 e. The predicted octanol–water partition coefficient (Wildman–Crippen LogP) is 6.62. The van der Waals surface area contributed by atoms with E-state index < -0.39 is 0 Å². The molecule has 7 heteroatoms. The van der Waals surface area contributed by atoms with Crippen LogP contribution in [0.5, 0.6) is 11.5 Å². The minimum Gasteiger partial charge on any atom is -0.508 e. The van der Waals surface area contributed by atoms with Crippen LogP contribution < -0.4 is 4.74 Å². The van der Waals surface area contributed by atoms with Crippen molar-refractivity contribution in [3.8, 4) is 33.2 Å². The zero-order chi connectivity index (χ0) is 24.4. The first-order chi connectivity index (χ1) is 17.0. The summed E-state index contributed by atoms with van der Waals surface area (Å²) in [7, 11) is 0. The van der Waals surface area contributed by atoms with Crippen molar-refractivity contribution in [2.24, 2.45) is 0 Å². The van der Waals surface area contributed by atoms with Crippen LogP contribution in [0, 0.1) is 6.92 Å². The van der Waals surface area contributed by atoms with E-state index in [2.05, 4.69) is 11.8 Å². The Hall–Kier alpha value is -3.19. The van der Waals surface area contributed by atoms with E-state index in [9.17, 15) is 9.90 Å². The number of carbonyl (C=O) groups is 1. The van der Waals surface area contributed by atoms with Crippen LogP contribution in [0.4, 0.5) is 0 Å². The molecule has 0 atom stereocenters. The number of phenols is 1. The maximum absolute atomic E-state index is 13.9. The van der Waals surface area contributed by atoms with Gasteiger partial charge in [0.2, 0.25) is 0 Å². The third-order valence-electron chi connectivity index (χ3n) is 6.33. The van der Waals surface area contributed by atoms with Gasteiger partial charge < -0.3 is 9.84 Å². The number of aromatic nitrogens is 1. The number of hydrogen-bond acceptors (Lipinski definition) is 6. The molecule has 0 bridgehead atoms. The van der Waals surface area contributed by atoms with Crippen molar-refractivity contribution in [2.45, 2.75) is 26.4 Å². The Labute approximate surface area is 221 Å². The summed E-state index contributed by atoms with van der Waals surface area (Å²) in [6.07, 6.45) is 1.36. The van der Waals surface area contributed by atoms with Gasteiger partial charge in [0.15, 0.2) is 5.78 Å². The van der Waals surface area contributed by atoms with Crippen molar-refractivity contribution in [1.82, 2.24) is 9.27 Å². The van der Waals surface area contributed by atoms with Crippen LogP contribution in [0.15, 0.2) is 72.8 Å². The highest BCUT2D eigenvalue weighted by atomic mass is 35.5. The fourth-order valence-electron chi connectivity index (χ4n) is 4.45. The molecule has 0 unspecified atom stereocenters. The van der Waals surface area contributed by atoms with Crippen molar-refractivity contribution < 1.29 is 14.6 Å². The molecule has 0 aliphatic carbocycles. The highest BCUT2D eigenvalue weighted by Crippen LogP contribution is 2.38. The molecule has 5 nitrogen and oxygen atoms in total. The van der Waals surface area contributed by atoms with Gasteiger partial charge in [0.1, 0.15) is 17.6 Å². The third-order valence-corrected chi connectivity index (χ3v) is 7.23. The summed E-state index contributed by atoms with van der Waals surface area (Å²) in [5.41, 5.74) is 4.72. The van der Waals surface area contributed by atoms with Crippen molar-refractivity contribution in [3.63, 3.8) is 0 Å². The fourth-order valence-corrected chi connectivity index (χ4v) is 5.34. The molecular formula is C29H29ClN2O3S. The molecule has 0 saturated carbocycles. The van der Waals surface area contributed by atoms with Crippen molar-refractivity contribution in [3.05, 3.63) is 89.5 Å². The molecule has 4 aromatic rings. The van der Waals surface area contributed by atoms with E-state index in [1.807, 2.05) is 67.6 Å². The second-order valence-corrected chi connectivity index (χ2v) is 9.72. The van der Waals surface area contributed by atoms with E-state index in [0.29, 0.717) is 16.8 Å². The van der Waals surface area contributed by atoms with Gasteiger partial charge in [-0.05, 0) is 91.1 Å². The van der Waals surface area contributed by atoms with Crippen molar-refractivity contribution >= 4 is 29.7 Å². The lowest BCUT2D eigenvalue weighted by atomic mass is 9.94. The number of ether oxygens (including phenoxy) is 1. The first kappa shape index (κ1) is 25.9. The van der Waals surface area contributed by atoms with Crippen LogP contribution >= 0.6 is 23.9 Å². The predicted molar refractivity (Wildman–Crippen MR) is 148 cm³/mol. The van der Waals surface area contributed by atoms with E-state index in [1.54, 1.807) is 12.1 Å². The molecule has 5 rings (SSSR count). The Bertz CT molecular complexity index is 1330. The zero-order valence-corrected chi connectivity index (χ0v) is 21.9. The number of aromatic hydroxyl groups is 1. The average molecular weight is 521 g/mol. The maximum atomic E-state index is 13.9. The minimum atomic E-state index is -0.0793. The standard InChI is InChI=1S/C29H28N2O3S.ClH/c1-3-16-31-17-24(18-31)34-23-14-10-20(11-15-23)28(33)26-27(25-7-5-4-6-19(25)2)30-35-29(26)21-8-12-22(32)13-9-21;/h4-15,24,32H,3,16-18H2,1-2H3;1H. The fraction of sp³-hybridized carbons (Fsp3) is 0.241. The molecule has 3 aromatic carbocycles. The van der Waals surface area contributed by atoms with Gasteiger partial charge in [-0.1, -0.05) is 31.2 Å². The van der Waals surface area contributed by atoms with E-state index in [4.69, 9.17) is 9.11 Å². The highest BCUT2D eigenvalue weighted by molar-refractivity contribution is 7.10. The summed E-state index contributed by atoms with van der Waals surface area (Å²) in [6.45, 7) is 7.21. The smallest absolute Gasteiger partial charge is 0.196 e. The normalized spacial score (nSPS) is 13.6. The second-order valence-electron chi connectivity index (χ2n) is 8.95. The lowest BCUT2D eigenvalue weighted by Gasteiger charge is -2.38. The number of aryl methyl sites for hydroxylation is 1. The lowest BCUT2D eigenvalue weighted by Crippen LogP contribution is -2.53. The zero-order valence-electron chi connectivity index (χ0n) is 20.3. The molecule has 0 radical (unpaired) electrons. The third kappa shape index (κ3) is 5.31. The molecule has 1 fully saturated rings. The summed E-state index contributed by atoms with van der Waals surface area (Å²) in [5, 5.41) is 9.74. The van der Waals surface area contributed by atoms with Gasteiger partial charge >= 0.3 is 0 Å². The Morgan fingerprint density at radius 1 is 1.06 bits per heavy atom. The molecule has 0 spiro atoms. The molecular weight excluding hydrogens is 492 g/mol. The first-order valence-electron chi connectivity index (χ1n) is 11.9. The molecule has 36 heavy (non-hydrogen) atoms. The monoisotopic (exact) mass is 520 g/mol. The van der Waals surface area contributed by atoms with Crippen LogP contribution in [0.2, 0.25) is 0 Å². The van der Waals surface area contributed by atoms with Gasteiger partial charge in [0, 0.05) is 24.2 Å². The summed E-state index contributed by atoms with van der Waals surface area (Å²) >= 11 is 1.31. The quantitative estimate of drug-likeness (QED) is 0.265. The van der Waals surface area contributed by atoms with E-state index in [1.165, 1.54) is 11.5 Å². The first-order valence-corrected chi connectivity index (χ1v) is 12.7. The van der Waals surface area contributed by atoms with E-state index in [-0.39, 0.29) is 30.0 Å². The Balaban J connectivity index is 0.00000304. The van der Waals surface area contributed by atoms with Crippen LogP contribution in [-0.2, 0) is 0 Å². The molecule has 1 aliphatic rings. The van der Waals surface area contributed by atoms with Gasteiger partial charge in [-0.2, -0.15) is 4.37 Å².